The second-order valence-corrected chi connectivity index (χ2v) is 7.02. The number of aromatic nitrogens is 1. The van der Waals surface area contributed by atoms with Crippen LogP contribution in [0.25, 0.3) is 10.9 Å². The molecule has 0 saturated carbocycles. The summed E-state index contributed by atoms with van der Waals surface area (Å²) in [7, 11) is 0. The van der Waals surface area contributed by atoms with E-state index in [1.165, 1.54) is 0 Å². The third-order valence-electron chi connectivity index (χ3n) is 5.04. The molecule has 1 fully saturated rings. The van der Waals surface area contributed by atoms with Gasteiger partial charge in [0, 0.05) is 24.0 Å². The summed E-state index contributed by atoms with van der Waals surface area (Å²) in [6, 6.07) is 18.4. The number of esters is 1. The number of ketones is 1. The van der Waals surface area contributed by atoms with Crippen molar-refractivity contribution in [2.24, 2.45) is 0 Å². The Morgan fingerprint density at radius 3 is 2.43 bits per heavy atom. The maximum Gasteiger partial charge on any atom is 0.342 e. The maximum absolute atomic E-state index is 13.0. The molecule has 1 saturated heterocycles. The summed E-state index contributed by atoms with van der Waals surface area (Å²) in [4.78, 5) is 32.4. The van der Waals surface area contributed by atoms with E-state index < -0.39 is 12.1 Å². The lowest BCUT2D eigenvalue weighted by atomic mass is 10.1. The Hall–Kier alpha value is -3.21. The molecule has 3 aromatic rings. The molecule has 2 heterocycles. The third kappa shape index (κ3) is 3.60. The van der Waals surface area contributed by atoms with Crippen LogP contribution >= 0.6 is 0 Å². The van der Waals surface area contributed by atoms with Crippen LogP contribution < -0.4 is 4.90 Å². The van der Waals surface area contributed by atoms with Gasteiger partial charge in [-0.25, -0.2) is 9.78 Å². The maximum atomic E-state index is 13.0. The van der Waals surface area contributed by atoms with Crippen LogP contribution in [0.15, 0.2) is 60.7 Å². The fraction of sp³-hybridized carbons (Fsp3) is 0.261. The number of ether oxygens (including phenoxy) is 1. The van der Waals surface area contributed by atoms with Gasteiger partial charge in [0.25, 0.3) is 0 Å². The standard InChI is InChI=1S/C23H22N2O3/c1-16(21(26)17-9-3-2-4-10-17)28-23(27)19-15-18-11-5-6-12-20(18)24-22(19)25-13-7-8-14-25/h2-6,9-12,15-16H,7-8,13-14H2,1H3. The van der Waals surface area contributed by atoms with Crippen molar-refractivity contribution < 1.29 is 14.3 Å². The number of carbonyl (C=O) groups excluding carboxylic acids is 2. The van der Waals surface area contributed by atoms with Gasteiger partial charge in [0.2, 0.25) is 5.78 Å². The van der Waals surface area contributed by atoms with Gasteiger partial charge in [-0.05, 0) is 31.9 Å². The molecular formula is C23H22N2O3. The number of nitrogens with zero attached hydrogens (tertiary/aromatic N) is 2. The van der Waals surface area contributed by atoms with Crippen molar-refractivity contribution in [2.45, 2.75) is 25.9 Å². The first kappa shape index (κ1) is 18.2. The Balaban J connectivity index is 1.64. The number of para-hydroxylation sites is 1. The van der Waals surface area contributed by atoms with Crippen LogP contribution in [0.5, 0.6) is 0 Å². The highest BCUT2D eigenvalue weighted by Crippen LogP contribution is 2.27. The monoisotopic (exact) mass is 374 g/mol. The molecule has 1 unspecified atom stereocenters. The Morgan fingerprint density at radius 1 is 1.00 bits per heavy atom. The zero-order chi connectivity index (χ0) is 19.5. The zero-order valence-electron chi connectivity index (χ0n) is 15.8. The number of anilines is 1. The summed E-state index contributed by atoms with van der Waals surface area (Å²) in [6.07, 6.45) is 1.28. The summed E-state index contributed by atoms with van der Waals surface area (Å²) in [5, 5.41) is 0.874. The number of rotatable bonds is 5. The quantitative estimate of drug-likeness (QED) is 0.493. The van der Waals surface area contributed by atoms with E-state index in [1.807, 2.05) is 36.4 Å². The number of fused-ring (bicyclic) bond motifs is 1. The smallest absolute Gasteiger partial charge is 0.342 e. The molecule has 4 rings (SSSR count). The molecule has 0 aliphatic carbocycles. The first-order valence-corrected chi connectivity index (χ1v) is 9.58. The molecule has 1 aromatic heterocycles. The van der Waals surface area contributed by atoms with Crippen LogP contribution in [0.2, 0.25) is 0 Å². The first-order valence-electron chi connectivity index (χ1n) is 9.58. The van der Waals surface area contributed by atoms with Crippen molar-refractivity contribution in [3.05, 3.63) is 71.8 Å². The van der Waals surface area contributed by atoms with Crippen molar-refractivity contribution in [1.82, 2.24) is 4.98 Å². The Kier molecular flexibility index (Phi) is 5.06. The van der Waals surface area contributed by atoms with E-state index in [0.29, 0.717) is 16.9 Å². The number of Topliss-reactive ketones (excluding diaryl/α,β-unsaturated/α-hetero) is 1. The second kappa shape index (κ2) is 7.80. The van der Waals surface area contributed by atoms with Gasteiger partial charge in [0.15, 0.2) is 6.10 Å². The zero-order valence-corrected chi connectivity index (χ0v) is 15.8. The molecule has 0 radical (unpaired) electrons. The van der Waals surface area contributed by atoms with Crippen LogP contribution in [0.1, 0.15) is 40.5 Å². The topological polar surface area (TPSA) is 59.5 Å². The molecule has 28 heavy (non-hydrogen) atoms. The molecule has 0 amide bonds. The summed E-state index contributed by atoms with van der Waals surface area (Å²) in [5.41, 5.74) is 1.78. The van der Waals surface area contributed by atoms with E-state index in [1.54, 1.807) is 31.2 Å². The second-order valence-electron chi connectivity index (χ2n) is 7.02. The predicted molar refractivity (Wildman–Crippen MR) is 109 cm³/mol. The number of carbonyl (C=O) groups is 2. The molecule has 1 atom stereocenters. The van der Waals surface area contributed by atoms with E-state index in [-0.39, 0.29) is 5.78 Å². The van der Waals surface area contributed by atoms with Crippen molar-refractivity contribution in [3.8, 4) is 0 Å². The van der Waals surface area contributed by atoms with Crippen molar-refractivity contribution in [2.75, 3.05) is 18.0 Å². The van der Waals surface area contributed by atoms with Crippen molar-refractivity contribution in [1.29, 1.82) is 0 Å². The minimum absolute atomic E-state index is 0.217. The molecule has 2 aromatic carbocycles. The van der Waals surface area contributed by atoms with E-state index in [4.69, 9.17) is 9.72 Å². The fourth-order valence-electron chi connectivity index (χ4n) is 3.54. The van der Waals surface area contributed by atoms with Gasteiger partial charge in [-0.2, -0.15) is 0 Å². The third-order valence-corrected chi connectivity index (χ3v) is 5.04. The van der Waals surface area contributed by atoms with Gasteiger partial charge < -0.3 is 9.64 Å². The summed E-state index contributed by atoms with van der Waals surface area (Å²) < 4.78 is 5.55. The summed E-state index contributed by atoms with van der Waals surface area (Å²) in [6.45, 7) is 3.34. The fourth-order valence-corrected chi connectivity index (χ4v) is 3.54. The average Bonchev–Trinajstić information content (AvgIpc) is 3.27. The summed E-state index contributed by atoms with van der Waals surface area (Å²) in [5.74, 6) is -0.0945. The molecule has 142 valence electrons. The van der Waals surface area contributed by atoms with Crippen molar-refractivity contribution in [3.63, 3.8) is 0 Å². The van der Waals surface area contributed by atoms with Crippen LogP contribution in [0.4, 0.5) is 5.82 Å². The minimum Gasteiger partial charge on any atom is -0.451 e. The number of hydrogen-bond donors (Lipinski definition) is 0. The Labute approximate surface area is 163 Å². The molecule has 1 aliphatic heterocycles. The summed E-state index contributed by atoms with van der Waals surface area (Å²) >= 11 is 0. The predicted octanol–water partition coefficient (Wildman–Crippen LogP) is 4.26. The normalized spacial score (nSPS) is 14.8. The van der Waals surface area contributed by atoms with E-state index in [2.05, 4.69) is 4.90 Å². The van der Waals surface area contributed by atoms with E-state index in [9.17, 15) is 9.59 Å². The van der Waals surface area contributed by atoms with Gasteiger partial charge in [-0.1, -0.05) is 48.5 Å². The molecule has 1 aliphatic rings. The molecule has 0 spiro atoms. The van der Waals surface area contributed by atoms with E-state index >= 15 is 0 Å². The highest BCUT2D eigenvalue weighted by Gasteiger charge is 2.26. The van der Waals surface area contributed by atoms with Crippen LogP contribution in [-0.4, -0.2) is 35.9 Å². The molecule has 0 N–H and O–H groups in total. The molecule has 0 bridgehead atoms. The highest BCUT2D eigenvalue weighted by molar-refractivity contribution is 6.03. The van der Waals surface area contributed by atoms with Crippen molar-refractivity contribution >= 4 is 28.5 Å². The highest BCUT2D eigenvalue weighted by atomic mass is 16.5. The largest absolute Gasteiger partial charge is 0.451 e. The number of hydrogen-bond acceptors (Lipinski definition) is 5. The van der Waals surface area contributed by atoms with E-state index in [0.717, 1.165) is 36.8 Å². The molecular weight excluding hydrogens is 352 g/mol. The Bertz CT molecular complexity index is 1010. The molecule has 5 nitrogen and oxygen atoms in total. The van der Waals surface area contributed by atoms with Gasteiger partial charge in [0.05, 0.1) is 5.52 Å². The lowest BCUT2D eigenvalue weighted by Crippen LogP contribution is -2.27. The van der Waals surface area contributed by atoms with Crippen LogP contribution in [0.3, 0.4) is 0 Å². The van der Waals surface area contributed by atoms with Crippen LogP contribution in [-0.2, 0) is 4.74 Å². The van der Waals surface area contributed by atoms with Gasteiger partial charge in [-0.3, -0.25) is 4.79 Å². The van der Waals surface area contributed by atoms with Gasteiger partial charge >= 0.3 is 5.97 Å². The molecule has 5 heteroatoms. The SMILES string of the molecule is CC(OC(=O)c1cc2ccccc2nc1N1CCCC1)C(=O)c1ccccc1. The first-order chi connectivity index (χ1) is 13.6. The Morgan fingerprint density at radius 2 is 1.68 bits per heavy atom. The number of pyridine rings is 1. The number of benzene rings is 2. The lowest BCUT2D eigenvalue weighted by Gasteiger charge is -2.21. The lowest BCUT2D eigenvalue weighted by molar-refractivity contribution is 0.0319. The van der Waals surface area contributed by atoms with Gasteiger partial charge in [0.1, 0.15) is 11.4 Å². The minimum atomic E-state index is -0.868. The van der Waals surface area contributed by atoms with Gasteiger partial charge in [-0.15, -0.1) is 0 Å². The average molecular weight is 374 g/mol. The van der Waals surface area contributed by atoms with Crippen LogP contribution in [0, 0.1) is 0 Å².